The molecule has 25 heavy (non-hydrogen) atoms. The molecule has 0 atom stereocenters. The molecule has 0 fully saturated rings. The predicted octanol–water partition coefficient (Wildman–Crippen LogP) is 4.96. The summed E-state index contributed by atoms with van der Waals surface area (Å²) in [6.45, 7) is 10.2. The molecule has 0 unspecified atom stereocenters. The lowest BCUT2D eigenvalue weighted by atomic mass is 9.99. The number of benzene rings is 2. The lowest BCUT2D eigenvalue weighted by Crippen LogP contribution is -2.18. The fourth-order valence-corrected chi connectivity index (χ4v) is 3.55. The smallest absolute Gasteiger partial charge is 0.228 e. The van der Waals surface area contributed by atoms with Crippen molar-refractivity contribution < 1.29 is 4.79 Å². The lowest BCUT2D eigenvalue weighted by molar-refractivity contribution is -0.115. The molecule has 0 saturated carbocycles. The number of hydrogen-bond acceptors (Lipinski definition) is 2. The number of aryl methyl sites for hydroxylation is 5. The van der Waals surface area contributed by atoms with Gasteiger partial charge in [0.1, 0.15) is 0 Å². The highest BCUT2D eigenvalue weighted by molar-refractivity contribution is 5.95. The molecule has 0 aliphatic rings. The molecule has 1 heterocycles. The quantitative estimate of drug-likeness (QED) is 0.736. The van der Waals surface area contributed by atoms with E-state index in [1.807, 2.05) is 39.0 Å². The van der Waals surface area contributed by atoms with E-state index < -0.39 is 0 Å². The first-order valence-electron chi connectivity index (χ1n) is 8.59. The third-order valence-electron chi connectivity index (χ3n) is 4.76. The molecule has 0 aliphatic carbocycles. The van der Waals surface area contributed by atoms with Gasteiger partial charge in [0.15, 0.2) is 0 Å². The number of nitrogens with one attached hydrogen (secondary N) is 1. The van der Waals surface area contributed by atoms with Crippen LogP contribution in [-0.2, 0) is 11.2 Å². The van der Waals surface area contributed by atoms with Crippen molar-refractivity contribution >= 4 is 22.5 Å². The summed E-state index contributed by atoms with van der Waals surface area (Å²) in [5.41, 5.74) is 8.36. The average molecular weight is 332 g/mol. The molecule has 3 nitrogen and oxygen atoms in total. The minimum absolute atomic E-state index is 0.00154. The van der Waals surface area contributed by atoms with Gasteiger partial charge < -0.3 is 5.32 Å². The molecule has 0 bridgehead atoms. The fraction of sp³-hybridized carbons (Fsp3) is 0.273. The number of amides is 1. The van der Waals surface area contributed by atoms with Crippen LogP contribution >= 0.6 is 0 Å². The van der Waals surface area contributed by atoms with E-state index in [1.54, 1.807) is 0 Å². The first kappa shape index (κ1) is 17.2. The molecule has 2 aromatic carbocycles. The van der Waals surface area contributed by atoms with E-state index in [0.717, 1.165) is 44.5 Å². The number of anilines is 1. The second-order valence-corrected chi connectivity index (χ2v) is 6.82. The molecular formula is C22H24N2O. The molecule has 0 spiro atoms. The highest BCUT2D eigenvalue weighted by atomic mass is 16.1. The Morgan fingerprint density at radius 2 is 1.64 bits per heavy atom. The normalized spacial score (nSPS) is 10.9. The van der Waals surface area contributed by atoms with Crippen molar-refractivity contribution in [3.8, 4) is 0 Å². The van der Waals surface area contributed by atoms with Gasteiger partial charge >= 0.3 is 0 Å². The summed E-state index contributed by atoms with van der Waals surface area (Å²) in [7, 11) is 0. The number of para-hydroxylation sites is 1. The minimum atomic E-state index is -0.00154. The zero-order valence-corrected chi connectivity index (χ0v) is 15.5. The van der Waals surface area contributed by atoms with Gasteiger partial charge in [0.05, 0.1) is 11.9 Å². The Bertz CT molecular complexity index is 950. The Morgan fingerprint density at radius 1 is 1.00 bits per heavy atom. The molecule has 1 N–H and O–H groups in total. The van der Waals surface area contributed by atoms with Gasteiger partial charge in [-0.25, -0.2) is 0 Å². The van der Waals surface area contributed by atoms with Crippen LogP contribution in [0.4, 0.5) is 5.69 Å². The molecule has 128 valence electrons. The topological polar surface area (TPSA) is 42.0 Å². The first-order valence-corrected chi connectivity index (χ1v) is 8.59. The summed E-state index contributed by atoms with van der Waals surface area (Å²) in [6, 6.07) is 12.3. The average Bonchev–Trinajstić information content (AvgIpc) is 2.55. The molecule has 1 aromatic heterocycles. The summed E-state index contributed by atoms with van der Waals surface area (Å²) in [6.07, 6.45) is 0.336. The lowest BCUT2D eigenvalue weighted by Gasteiger charge is -2.15. The molecule has 3 rings (SSSR count). The second kappa shape index (κ2) is 6.67. The maximum Gasteiger partial charge on any atom is 0.228 e. The van der Waals surface area contributed by atoms with Crippen LogP contribution in [0, 0.1) is 34.6 Å². The van der Waals surface area contributed by atoms with Crippen molar-refractivity contribution in [2.45, 2.75) is 41.0 Å². The van der Waals surface area contributed by atoms with Gasteiger partial charge in [0.25, 0.3) is 0 Å². The van der Waals surface area contributed by atoms with Crippen LogP contribution in [0.15, 0.2) is 36.4 Å². The zero-order chi connectivity index (χ0) is 18.1. The van der Waals surface area contributed by atoms with Gasteiger partial charge in [-0.1, -0.05) is 35.9 Å². The van der Waals surface area contributed by atoms with Gasteiger partial charge in [-0.05, 0) is 62.9 Å². The largest absolute Gasteiger partial charge is 0.325 e. The SMILES string of the molecule is Cc1cc(C)c(NC(=O)Cc2c(C)nc3ccccc3c2C)c(C)c1. The van der Waals surface area contributed by atoms with Crippen molar-refractivity contribution in [2.24, 2.45) is 0 Å². The van der Waals surface area contributed by atoms with E-state index in [4.69, 9.17) is 0 Å². The van der Waals surface area contributed by atoms with Crippen molar-refractivity contribution in [2.75, 3.05) is 5.32 Å². The standard InChI is InChI=1S/C22H24N2O/c1-13-10-14(2)22(15(3)11-13)24-21(25)12-19-16(4)18-8-6-7-9-20(18)23-17(19)5/h6-11H,12H2,1-5H3,(H,24,25). The van der Waals surface area contributed by atoms with Gasteiger partial charge in [-0.2, -0.15) is 0 Å². The predicted molar refractivity (Wildman–Crippen MR) is 104 cm³/mol. The Kier molecular flexibility index (Phi) is 4.58. The number of carbonyl (C=O) groups excluding carboxylic acids is 1. The molecule has 1 amide bonds. The van der Waals surface area contributed by atoms with E-state index in [-0.39, 0.29) is 5.91 Å². The van der Waals surface area contributed by atoms with Gasteiger partial charge in [0, 0.05) is 16.8 Å². The third-order valence-corrected chi connectivity index (χ3v) is 4.76. The van der Waals surface area contributed by atoms with E-state index in [1.165, 1.54) is 5.56 Å². The molecule has 3 heteroatoms. The number of nitrogens with zero attached hydrogens (tertiary/aromatic N) is 1. The van der Waals surface area contributed by atoms with Gasteiger partial charge in [0.2, 0.25) is 5.91 Å². The van der Waals surface area contributed by atoms with Crippen molar-refractivity contribution in [1.82, 2.24) is 4.98 Å². The highest BCUT2D eigenvalue weighted by Gasteiger charge is 2.14. The Labute approximate surface area is 149 Å². The van der Waals surface area contributed by atoms with Crippen LogP contribution in [0.2, 0.25) is 0 Å². The van der Waals surface area contributed by atoms with Crippen LogP contribution in [0.3, 0.4) is 0 Å². The molecule has 3 aromatic rings. The summed E-state index contributed by atoms with van der Waals surface area (Å²) >= 11 is 0. The van der Waals surface area contributed by atoms with E-state index in [9.17, 15) is 4.79 Å². The number of fused-ring (bicyclic) bond motifs is 1. The molecule has 0 aliphatic heterocycles. The monoisotopic (exact) mass is 332 g/mol. The first-order chi connectivity index (χ1) is 11.9. The molecular weight excluding hydrogens is 308 g/mol. The van der Waals surface area contributed by atoms with Crippen molar-refractivity contribution in [3.05, 3.63) is 69.9 Å². The van der Waals surface area contributed by atoms with Gasteiger partial charge in [-0.3, -0.25) is 9.78 Å². The maximum atomic E-state index is 12.7. The molecule has 0 radical (unpaired) electrons. The number of hydrogen-bond donors (Lipinski definition) is 1. The summed E-state index contributed by atoms with van der Waals surface area (Å²) in [4.78, 5) is 17.3. The summed E-state index contributed by atoms with van der Waals surface area (Å²) in [5, 5.41) is 4.20. The van der Waals surface area contributed by atoms with Crippen LogP contribution in [0.1, 0.15) is 33.5 Å². The van der Waals surface area contributed by atoms with Gasteiger partial charge in [-0.15, -0.1) is 0 Å². The maximum absolute atomic E-state index is 12.7. The number of carbonyl (C=O) groups is 1. The van der Waals surface area contributed by atoms with Crippen LogP contribution in [0.25, 0.3) is 10.9 Å². The van der Waals surface area contributed by atoms with E-state index in [0.29, 0.717) is 6.42 Å². The van der Waals surface area contributed by atoms with Crippen molar-refractivity contribution in [3.63, 3.8) is 0 Å². The Morgan fingerprint density at radius 3 is 2.32 bits per heavy atom. The van der Waals surface area contributed by atoms with Crippen LogP contribution in [0.5, 0.6) is 0 Å². The summed E-state index contributed by atoms with van der Waals surface area (Å²) in [5.74, 6) is -0.00154. The summed E-state index contributed by atoms with van der Waals surface area (Å²) < 4.78 is 0. The van der Waals surface area contributed by atoms with Crippen molar-refractivity contribution in [1.29, 1.82) is 0 Å². The minimum Gasteiger partial charge on any atom is -0.325 e. The molecule has 0 saturated heterocycles. The third kappa shape index (κ3) is 3.41. The highest BCUT2D eigenvalue weighted by Crippen LogP contribution is 2.25. The van der Waals surface area contributed by atoms with Crippen LogP contribution < -0.4 is 5.32 Å². The van der Waals surface area contributed by atoms with E-state index >= 15 is 0 Å². The van der Waals surface area contributed by atoms with E-state index in [2.05, 4.69) is 42.3 Å². The number of pyridine rings is 1. The van der Waals surface area contributed by atoms with Crippen LogP contribution in [-0.4, -0.2) is 10.9 Å². The fourth-order valence-electron chi connectivity index (χ4n) is 3.55. The Balaban J connectivity index is 1.90. The number of rotatable bonds is 3. The number of aromatic nitrogens is 1. The zero-order valence-electron chi connectivity index (χ0n) is 15.5. The Hall–Kier alpha value is -2.68. The second-order valence-electron chi connectivity index (χ2n) is 6.82.